The maximum atomic E-state index is 14.9. The summed E-state index contributed by atoms with van der Waals surface area (Å²) in [6, 6.07) is 14.7. The minimum Gasteiger partial charge on any atom is -0.456 e. The molecule has 12 atom stereocenters. The average molecular weight is 808 g/mol. The second-order valence-corrected chi connectivity index (χ2v) is 17.5. The largest absolute Gasteiger partial charge is 0.456 e. The van der Waals surface area contributed by atoms with Gasteiger partial charge in [-0.15, -0.1) is 0 Å². The third-order valence-corrected chi connectivity index (χ3v) is 12.5. The summed E-state index contributed by atoms with van der Waals surface area (Å²) in [7, 11) is 0. The summed E-state index contributed by atoms with van der Waals surface area (Å²) in [5.74, 6) is -5.93. The van der Waals surface area contributed by atoms with Gasteiger partial charge in [0.05, 0.1) is 35.1 Å². The second kappa shape index (κ2) is 15.5. The summed E-state index contributed by atoms with van der Waals surface area (Å²) in [5.41, 5.74) is -6.13. The van der Waals surface area contributed by atoms with Crippen molar-refractivity contribution in [1.82, 2.24) is 5.32 Å². The standard InChI is InChI=1S/C43H53NO14/c1-21-26(55-37(51)33(48)31(23-15-11-9-12-16-23)44-39(52)58-40(3,4)5)20-43(53)35(57-36(50)24-17-13-10-14-18-24)30-28-25(56-38(28)54-22(2)45)19-27(46)42(30,8)34(49)32(47)29(21)41(43,6)7/h9-18,25-28,30-33,35,38,46-48,53H,19-20H2,1-8H3,(H,44,52)/t25-,26+,27+,28+,30+,31+,32-,33-,35+,38+,42-,43-/m1/s1. The molecule has 2 aromatic carbocycles. The molecule has 314 valence electrons. The number of carbonyl (C=O) groups is 5. The van der Waals surface area contributed by atoms with E-state index in [1.807, 2.05) is 0 Å². The number of aliphatic hydroxyl groups excluding tert-OH is 3. The van der Waals surface area contributed by atoms with Gasteiger partial charge in [-0.05, 0) is 63.5 Å². The van der Waals surface area contributed by atoms with Crippen LogP contribution < -0.4 is 5.32 Å². The van der Waals surface area contributed by atoms with Crippen molar-refractivity contribution >= 4 is 29.8 Å². The number of Topliss-reactive ketones (excluding diaryl/α,β-unsaturated/α-hetero) is 1. The zero-order chi connectivity index (χ0) is 42.7. The Bertz CT molecular complexity index is 1960. The number of alkyl carbamates (subject to hydrolysis) is 1. The molecule has 3 aliphatic carbocycles. The van der Waals surface area contributed by atoms with E-state index in [2.05, 4.69) is 5.32 Å². The van der Waals surface area contributed by atoms with E-state index in [1.165, 1.54) is 32.9 Å². The number of benzene rings is 2. The highest BCUT2D eigenvalue weighted by Crippen LogP contribution is 2.63. The van der Waals surface area contributed by atoms with Crippen LogP contribution in [0.3, 0.4) is 0 Å². The highest BCUT2D eigenvalue weighted by atomic mass is 16.7. The molecule has 3 fully saturated rings. The van der Waals surface area contributed by atoms with Crippen molar-refractivity contribution in [1.29, 1.82) is 0 Å². The molecule has 15 nitrogen and oxygen atoms in total. The van der Waals surface area contributed by atoms with E-state index in [9.17, 15) is 44.4 Å². The Morgan fingerprint density at radius 2 is 1.53 bits per heavy atom. The molecule has 0 radical (unpaired) electrons. The van der Waals surface area contributed by atoms with Gasteiger partial charge in [-0.2, -0.15) is 0 Å². The maximum absolute atomic E-state index is 14.9. The summed E-state index contributed by atoms with van der Waals surface area (Å²) >= 11 is 0. The topological polar surface area (TPSA) is 224 Å². The van der Waals surface area contributed by atoms with Crippen LogP contribution in [-0.4, -0.2) is 104 Å². The summed E-state index contributed by atoms with van der Waals surface area (Å²) in [6.07, 6.45) is -12.2. The Balaban J connectivity index is 1.46. The van der Waals surface area contributed by atoms with Crippen LogP contribution in [0.15, 0.2) is 71.8 Å². The first-order chi connectivity index (χ1) is 27.0. The molecule has 6 rings (SSSR count). The Kier molecular flexibility index (Phi) is 11.5. The van der Waals surface area contributed by atoms with Gasteiger partial charge in [0.15, 0.2) is 11.9 Å². The number of hydrogen-bond acceptors (Lipinski definition) is 14. The van der Waals surface area contributed by atoms with Gasteiger partial charge >= 0.3 is 24.0 Å². The Hall–Kier alpha value is -4.67. The fraction of sp³-hybridized carbons (Fsp3) is 0.558. The van der Waals surface area contributed by atoms with Crippen LogP contribution in [-0.2, 0) is 38.1 Å². The quantitative estimate of drug-likeness (QED) is 0.146. The van der Waals surface area contributed by atoms with Gasteiger partial charge in [-0.25, -0.2) is 14.4 Å². The fourth-order valence-electron chi connectivity index (χ4n) is 9.44. The number of esters is 3. The van der Waals surface area contributed by atoms with Gasteiger partial charge in [-0.1, -0.05) is 62.4 Å². The van der Waals surface area contributed by atoms with Gasteiger partial charge in [0.2, 0.25) is 6.29 Å². The van der Waals surface area contributed by atoms with Crippen LogP contribution in [0.4, 0.5) is 4.79 Å². The lowest BCUT2D eigenvalue weighted by Gasteiger charge is -2.65. The van der Waals surface area contributed by atoms with Crippen LogP contribution in [0.1, 0.15) is 90.2 Å². The summed E-state index contributed by atoms with van der Waals surface area (Å²) in [4.78, 5) is 68.2. The molecule has 1 aliphatic heterocycles. The predicted octanol–water partition coefficient (Wildman–Crippen LogP) is 3.46. The van der Waals surface area contributed by atoms with Gasteiger partial charge in [-0.3, -0.25) is 9.59 Å². The molecule has 1 heterocycles. The molecule has 15 heteroatoms. The molecule has 1 amide bonds. The molecule has 0 unspecified atom stereocenters. The van der Waals surface area contributed by atoms with E-state index in [0.29, 0.717) is 5.56 Å². The average Bonchev–Trinajstić information content (AvgIpc) is 3.14. The number of hydrogen-bond donors (Lipinski definition) is 5. The first-order valence-corrected chi connectivity index (χ1v) is 19.4. The Morgan fingerprint density at radius 3 is 2.12 bits per heavy atom. The van der Waals surface area contributed by atoms with Gasteiger partial charge in [0.1, 0.15) is 29.5 Å². The molecular weight excluding hydrogens is 754 g/mol. The molecule has 58 heavy (non-hydrogen) atoms. The monoisotopic (exact) mass is 807 g/mol. The van der Waals surface area contributed by atoms with Crippen LogP contribution in [0, 0.1) is 22.7 Å². The number of nitrogens with one attached hydrogen (secondary N) is 1. The van der Waals surface area contributed by atoms with Crippen LogP contribution >= 0.6 is 0 Å². The van der Waals surface area contributed by atoms with Crippen molar-refractivity contribution in [2.75, 3.05) is 0 Å². The van der Waals surface area contributed by atoms with E-state index >= 15 is 0 Å². The molecule has 4 aliphatic rings. The molecule has 2 saturated carbocycles. The fourth-order valence-corrected chi connectivity index (χ4v) is 9.44. The molecule has 2 bridgehead atoms. The third kappa shape index (κ3) is 7.43. The highest BCUT2D eigenvalue weighted by molar-refractivity contribution is 5.94. The SMILES string of the molecule is CC(=O)O[C@H]1O[C@@H]2C[C@H](O)[C@@]3(C)C(=O)[C@H](O)C4=C(C)[C@@H](OC(=O)[C@H](O)[C@@H](NC(=O)OC(C)(C)C)c5ccccc5)C[C@@](O)([C@@H](OC(=O)c5ccccc5)[C@@H]3[C@@H]12)C4(C)C. The molecule has 2 aromatic rings. The van der Waals surface area contributed by atoms with Crippen LogP contribution in [0.25, 0.3) is 0 Å². The summed E-state index contributed by atoms with van der Waals surface area (Å²) in [5, 5.41) is 51.4. The number of rotatable bonds is 8. The van der Waals surface area contributed by atoms with Crippen molar-refractivity contribution in [2.45, 2.75) is 128 Å². The molecule has 0 spiro atoms. The number of ether oxygens (including phenoxy) is 5. The van der Waals surface area contributed by atoms with E-state index in [1.54, 1.807) is 83.1 Å². The zero-order valence-electron chi connectivity index (χ0n) is 33.8. The normalized spacial score (nSPS) is 33.7. The van der Waals surface area contributed by atoms with Gasteiger partial charge in [0.25, 0.3) is 0 Å². The Morgan fingerprint density at radius 1 is 0.931 bits per heavy atom. The zero-order valence-corrected chi connectivity index (χ0v) is 33.8. The van der Waals surface area contributed by atoms with Crippen molar-refractivity contribution in [3.8, 4) is 0 Å². The number of ketones is 1. The first kappa shape index (κ1) is 42.9. The number of amides is 1. The lowest BCUT2D eigenvalue weighted by Crippen LogP contribution is -2.76. The minimum absolute atomic E-state index is 0.0406. The second-order valence-electron chi connectivity index (χ2n) is 17.5. The van der Waals surface area contributed by atoms with Crippen LogP contribution in [0.5, 0.6) is 0 Å². The van der Waals surface area contributed by atoms with Gasteiger partial charge < -0.3 is 49.4 Å². The number of carbonyl (C=O) groups excluding carboxylic acids is 5. The number of aliphatic hydroxyl groups is 4. The maximum Gasteiger partial charge on any atom is 0.408 e. The summed E-state index contributed by atoms with van der Waals surface area (Å²) < 4.78 is 29.1. The molecule has 0 aromatic heterocycles. The molecule has 1 saturated heterocycles. The van der Waals surface area contributed by atoms with Crippen molar-refractivity contribution in [3.05, 3.63) is 82.9 Å². The van der Waals surface area contributed by atoms with E-state index in [-0.39, 0.29) is 23.1 Å². The van der Waals surface area contributed by atoms with E-state index < -0.39 is 119 Å². The first-order valence-electron chi connectivity index (χ1n) is 19.4. The summed E-state index contributed by atoms with van der Waals surface area (Å²) in [6.45, 7) is 12.2. The Labute approximate surface area is 336 Å². The van der Waals surface area contributed by atoms with Crippen LogP contribution in [0.2, 0.25) is 0 Å². The molecular formula is C43H53NO14. The minimum atomic E-state index is -2.29. The smallest absolute Gasteiger partial charge is 0.408 e. The van der Waals surface area contributed by atoms with E-state index in [0.717, 1.165) is 0 Å². The predicted molar refractivity (Wildman–Crippen MR) is 203 cm³/mol. The van der Waals surface area contributed by atoms with Crippen molar-refractivity contribution in [2.24, 2.45) is 22.7 Å². The highest BCUT2D eigenvalue weighted by Gasteiger charge is 2.74. The van der Waals surface area contributed by atoms with Crippen molar-refractivity contribution in [3.63, 3.8) is 0 Å². The lowest BCUT2D eigenvalue weighted by molar-refractivity contribution is -0.352. The van der Waals surface area contributed by atoms with E-state index in [4.69, 9.17) is 23.7 Å². The third-order valence-electron chi connectivity index (χ3n) is 12.5. The van der Waals surface area contributed by atoms with Gasteiger partial charge in [0, 0.05) is 31.1 Å². The van der Waals surface area contributed by atoms with Crippen molar-refractivity contribution < 1.29 is 68.1 Å². The number of fused-ring (bicyclic) bond motifs is 5. The molecule has 5 N–H and O–H groups in total. The lowest BCUT2D eigenvalue weighted by atomic mass is 9.45.